The number of nitrogens with zero attached hydrogens (tertiary/aromatic N) is 2. The molecule has 0 aromatic rings. The van der Waals surface area contributed by atoms with Gasteiger partial charge in [-0.15, -0.1) is 24.0 Å². The molecule has 1 rings (SSSR count). The maximum atomic E-state index is 12.0. The number of hydrogen-bond donors (Lipinski definition) is 2. The summed E-state index contributed by atoms with van der Waals surface area (Å²) in [5.74, 6) is 0.417. The van der Waals surface area contributed by atoms with Crippen molar-refractivity contribution in [3.63, 3.8) is 0 Å². The van der Waals surface area contributed by atoms with Gasteiger partial charge in [0.2, 0.25) is 0 Å². The average molecular weight is 408 g/mol. The van der Waals surface area contributed by atoms with Crippen LogP contribution < -0.4 is 10.6 Å². The van der Waals surface area contributed by atoms with Gasteiger partial charge in [-0.05, 0) is 26.8 Å². The maximum absolute atomic E-state index is 12.0. The summed E-state index contributed by atoms with van der Waals surface area (Å²) in [6.07, 6.45) is -2.52. The zero-order valence-corrected chi connectivity index (χ0v) is 14.5. The first-order valence-electron chi connectivity index (χ1n) is 6.56. The highest BCUT2D eigenvalue weighted by Gasteiger charge is 2.29. The summed E-state index contributed by atoms with van der Waals surface area (Å²) in [6, 6.07) is 0.991. The molecule has 20 heavy (non-hydrogen) atoms. The Bertz CT molecular complexity index is 306. The van der Waals surface area contributed by atoms with Gasteiger partial charge in [-0.2, -0.15) is 13.2 Å². The normalized spacial score (nSPS) is 17.6. The van der Waals surface area contributed by atoms with E-state index in [1.165, 1.54) is 12.8 Å². The Kier molecular flexibility index (Phi) is 8.80. The molecule has 1 aliphatic rings. The van der Waals surface area contributed by atoms with Crippen molar-refractivity contribution >= 4 is 29.9 Å². The second kappa shape index (κ2) is 8.91. The van der Waals surface area contributed by atoms with Crippen LogP contribution >= 0.6 is 24.0 Å². The third kappa shape index (κ3) is 8.13. The van der Waals surface area contributed by atoms with Crippen molar-refractivity contribution in [2.24, 2.45) is 4.99 Å². The highest BCUT2D eigenvalue weighted by atomic mass is 127. The lowest BCUT2D eigenvalue weighted by Crippen LogP contribution is -2.46. The molecule has 0 aliphatic heterocycles. The number of alkyl halides is 3. The summed E-state index contributed by atoms with van der Waals surface area (Å²) >= 11 is 0. The van der Waals surface area contributed by atoms with Gasteiger partial charge in [-0.1, -0.05) is 0 Å². The average Bonchev–Trinajstić information content (AvgIpc) is 3.14. The minimum Gasteiger partial charge on any atom is -0.356 e. The highest BCUT2D eigenvalue weighted by Crippen LogP contribution is 2.26. The highest BCUT2D eigenvalue weighted by molar-refractivity contribution is 14.0. The van der Waals surface area contributed by atoms with E-state index < -0.39 is 12.6 Å². The van der Waals surface area contributed by atoms with Gasteiger partial charge in [0.1, 0.15) is 0 Å². The zero-order chi connectivity index (χ0) is 14.5. The van der Waals surface area contributed by atoms with Gasteiger partial charge >= 0.3 is 6.18 Å². The molecule has 0 radical (unpaired) electrons. The number of hydrogen-bond acceptors (Lipinski definition) is 2. The van der Waals surface area contributed by atoms with Gasteiger partial charge in [0.25, 0.3) is 0 Å². The SMILES string of the molecule is CN=C(NCCC(F)(F)F)NCC(C)N(C)C1CC1.I. The Labute approximate surface area is 135 Å². The fourth-order valence-corrected chi connectivity index (χ4v) is 1.77. The molecule has 0 heterocycles. The Hall–Kier alpha value is -0.250. The number of halogens is 4. The van der Waals surface area contributed by atoms with Crippen molar-refractivity contribution in [1.82, 2.24) is 15.5 Å². The Morgan fingerprint density at radius 2 is 1.95 bits per heavy atom. The number of rotatable bonds is 6. The lowest BCUT2D eigenvalue weighted by molar-refractivity contribution is -0.132. The number of nitrogens with one attached hydrogen (secondary N) is 2. The molecule has 0 amide bonds. The quantitative estimate of drug-likeness (QED) is 0.402. The van der Waals surface area contributed by atoms with Gasteiger partial charge in [0, 0.05) is 32.2 Å². The van der Waals surface area contributed by atoms with E-state index in [0.717, 1.165) is 0 Å². The molecule has 1 saturated carbocycles. The molecule has 0 saturated heterocycles. The molecule has 0 bridgehead atoms. The van der Waals surface area contributed by atoms with Gasteiger partial charge in [0.15, 0.2) is 5.96 Å². The molecule has 1 aliphatic carbocycles. The molecule has 1 atom stereocenters. The van der Waals surface area contributed by atoms with Crippen molar-refractivity contribution < 1.29 is 13.2 Å². The molecule has 0 aromatic heterocycles. The van der Waals surface area contributed by atoms with Crippen LogP contribution in [0, 0.1) is 0 Å². The van der Waals surface area contributed by atoms with Crippen molar-refractivity contribution in [2.75, 3.05) is 27.2 Å². The van der Waals surface area contributed by atoms with Crippen LogP contribution in [0.5, 0.6) is 0 Å². The molecular formula is C12H24F3IN4. The first kappa shape index (κ1) is 19.8. The third-order valence-electron chi connectivity index (χ3n) is 3.31. The topological polar surface area (TPSA) is 39.7 Å². The molecule has 2 N–H and O–H groups in total. The van der Waals surface area contributed by atoms with E-state index in [-0.39, 0.29) is 30.5 Å². The summed E-state index contributed by atoms with van der Waals surface area (Å²) in [7, 11) is 3.63. The van der Waals surface area contributed by atoms with E-state index in [0.29, 0.717) is 24.6 Å². The Balaban J connectivity index is 0.00000361. The third-order valence-corrected chi connectivity index (χ3v) is 3.31. The monoisotopic (exact) mass is 408 g/mol. The lowest BCUT2D eigenvalue weighted by Gasteiger charge is -2.25. The number of likely N-dealkylation sites (N-methyl/N-ethyl adjacent to an activating group) is 1. The summed E-state index contributed by atoms with van der Waals surface area (Å²) in [5.41, 5.74) is 0. The van der Waals surface area contributed by atoms with E-state index in [1.807, 2.05) is 0 Å². The first-order valence-corrected chi connectivity index (χ1v) is 6.56. The fraction of sp³-hybridized carbons (Fsp3) is 0.917. The maximum Gasteiger partial charge on any atom is 0.390 e. The van der Waals surface area contributed by atoms with Crippen LogP contribution in [0.15, 0.2) is 4.99 Å². The van der Waals surface area contributed by atoms with Crippen molar-refractivity contribution in [3.05, 3.63) is 0 Å². The smallest absolute Gasteiger partial charge is 0.356 e. The standard InChI is InChI=1S/C12H23F3N4.HI/c1-9(19(3)10-4-5-10)8-18-11(16-2)17-7-6-12(13,14)15;/h9-10H,4-8H2,1-3H3,(H2,16,17,18);1H. The van der Waals surface area contributed by atoms with E-state index in [4.69, 9.17) is 0 Å². The largest absolute Gasteiger partial charge is 0.390 e. The Morgan fingerprint density at radius 1 is 1.35 bits per heavy atom. The molecule has 1 fully saturated rings. The van der Waals surface area contributed by atoms with Gasteiger partial charge < -0.3 is 10.6 Å². The second-order valence-corrected chi connectivity index (χ2v) is 4.99. The van der Waals surface area contributed by atoms with Crippen molar-refractivity contribution in [3.8, 4) is 0 Å². The lowest BCUT2D eigenvalue weighted by atomic mass is 10.3. The molecule has 1 unspecified atom stereocenters. The molecule has 8 heteroatoms. The summed E-state index contributed by atoms with van der Waals surface area (Å²) in [4.78, 5) is 6.20. The molecule has 0 spiro atoms. The number of aliphatic imine (C=N–C) groups is 1. The van der Waals surface area contributed by atoms with E-state index >= 15 is 0 Å². The van der Waals surface area contributed by atoms with Crippen LogP contribution in [0.4, 0.5) is 13.2 Å². The predicted octanol–water partition coefficient (Wildman–Crippen LogP) is 2.20. The van der Waals surface area contributed by atoms with Crippen LogP contribution in [0.1, 0.15) is 26.2 Å². The zero-order valence-electron chi connectivity index (χ0n) is 12.1. The predicted molar refractivity (Wildman–Crippen MR) is 85.7 cm³/mol. The number of guanidine groups is 1. The Morgan fingerprint density at radius 3 is 2.40 bits per heavy atom. The van der Waals surface area contributed by atoms with Crippen LogP contribution in [0.2, 0.25) is 0 Å². The minimum atomic E-state index is -4.13. The summed E-state index contributed by atoms with van der Waals surface area (Å²) in [5, 5.41) is 5.71. The van der Waals surface area contributed by atoms with Crippen molar-refractivity contribution in [2.45, 2.75) is 44.4 Å². The van der Waals surface area contributed by atoms with Gasteiger partial charge in [0.05, 0.1) is 6.42 Å². The molecular weight excluding hydrogens is 384 g/mol. The molecule has 120 valence electrons. The molecule has 0 aromatic carbocycles. The van der Waals surface area contributed by atoms with Crippen LogP contribution in [0.25, 0.3) is 0 Å². The van der Waals surface area contributed by atoms with E-state index in [9.17, 15) is 13.2 Å². The minimum absolute atomic E-state index is 0. The summed E-state index contributed by atoms with van der Waals surface area (Å²) in [6.45, 7) is 2.60. The fourth-order valence-electron chi connectivity index (χ4n) is 1.77. The van der Waals surface area contributed by atoms with Gasteiger partial charge in [-0.25, -0.2) is 0 Å². The van der Waals surface area contributed by atoms with Gasteiger partial charge in [-0.3, -0.25) is 9.89 Å². The van der Waals surface area contributed by atoms with Crippen LogP contribution in [-0.4, -0.2) is 56.3 Å². The second-order valence-electron chi connectivity index (χ2n) is 4.99. The van der Waals surface area contributed by atoms with Crippen LogP contribution in [0.3, 0.4) is 0 Å². The van der Waals surface area contributed by atoms with Crippen molar-refractivity contribution in [1.29, 1.82) is 0 Å². The van der Waals surface area contributed by atoms with E-state index in [2.05, 4.69) is 34.5 Å². The first-order chi connectivity index (χ1) is 8.83. The summed E-state index contributed by atoms with van der Waals surface area (Å²) < 4.78 is 36.1. The van der Waals surface area contributed by atoms with E-state index in [1.54, 1.807) is 7.05 Å². The van der Waals surface area contributed by atoms with Crippen LogP contribution in [-0.2, 0) is 0 Å². The molecule has 4 nitrogen and oxygen atoms in total.